The third-order valence-electron chi connectivity index (χ3n) is 2.07. The number of hydrogen-bond acceptors (Lipinski definition) is 4. The van der Waals surface area contributed by atoms with Crippen molar-refractivity contribution >= 4 is 11.9 Å². The molecule has 0 heterocycles. The molecule has 0 aromatic rings. The van der Waals surface area contributed by atoms with Crippen LogP contribution in [0, 0.1) is 29.1 Å². The van der Waals surface area contributed by atoms with E-state index < -0.39 is 11.9 Å². The Hall–Kier alpha value is -1.94. The van der Waals surface area contributed by atoms with Crippen molar-refractivity contribution in [1.29, 1.82) is 0 Å². The van der Waals surface area contributed by atoms with E-state index in [0.29, 0.717) is 26.1 Å². The van der Waals surface area contributed by atoms with Crippen LogP contribution in [0.1, 0.15) is 40.5 Å². The van der Waals surface area contributed by atoms with Crippen molar-refractivity contribution in [3.05, 3.63) is 0 Å². The fourth-order valence-electron chi connectivity index (χ4n) is 1.11. The van der Waals surface area contributed by atoms with Gasteiger partial charge in [-0.1, -0.05) is 25.7 Å². The fraction of sp³-hybridized carbons (Fsp3) is 0.600. The van der Waals surface area contributed by atoms with Crippen LogP contribution in [0.15, 0.2) is 0 Å². The zero-order chi connectivity index (χ0) is 14.7. The molecule has 0 aliphatic rings. The Labute approximate surface area is 114 Å². The van der Waals surface area contributed by atoms with Gasteiger partial charge in [0, 0.05) is 24.7 Å². The van der Waals surface area contributed by atoms with Crippen LogP contribution in [-0.4, -0.2) is 25.2 Å². The lowest BCUT2D eigenvalue weighted by Crippen LogP contribution is -2.10. The minimum Gasteiger partial charge on any atom is -0.456 e. The molecule has 4 nitrogen and oxygen atoms in total. The molecule has 4 heteroatoms. The summed E-state index contributed by atoms with van der Waals surface area (Å²) in [6.45, 7) is 8.03. The van der Waals surface area contributed by atoms with Crippen LogP contribution in [0.2, 0.25) is 0 Å². The quantitative estimate of drug-likeness (QED) is 0.442. The smallest absolute Gasteiger partial charge is 0.384 e. The van der Waals surface area contributed by atoms with Gasteiger partial charge in [0.15, 0.2) is 0 Å². The molecule has 0 atom stereocenters. The standard InChI is InChI=1S/C15H20O4/c1-5-18-13(16)9-7-11-15(3,4)12-8-10-14(17)19-6-2/h5-6,11-12H2,1-4H3. The summed E-state index contributed by atoms with van der Waals surface area (Å²) in [5.41, 5.74) is -0.195. The predicted octanol–water partition coefficient (Wildman–Crippen LogP) is 1.93. The molecule has 0 saturated heterocycles. The van der Waals surface area contributed by atoms with E-state index in [-0.39, 0.29) is 5.41 Å². The van der Waals surface area contributed by atoms with Gasteiger partial charge in [-0.2, -0.15) is 0 Å². The van der Waals surface area contributed by atoms with E-state index in [1.54, 1.807) is 13.8 Å². The highest BCUT2D eigenvalue weighted by molar-refractivity contribution is 5.88. The molecule has 104 valence electrons. The lowest BCUT2D eigenvalue weighted by Gasteiger charge is -2.17. The van der Waals surface area contributed by atoms with Gasteiger partial charge in [-0.25, -0.2) is 9.59 Å². The monoisotopic (exact) mass is 264 g/mol. The van der Waals surface area contributed by atoms with Crippen LogP contribution in [-0.2, 0) is 19.1 Å². The van der Waals surface area contributed by atoms with E-state index in [1.165, 1.54) is 0 Å². The molecule has 0 rings (SSSR count). The summed E-state index contributed by atoms with van der Waals surface area (Å²) in [7, 11) is 0. The van der Waals surface area contributed by atoms with Crippen LogP contribution < -0.4 is 0 Å². The molecule has 0 aliphatic heterocycles. The van der Waals surface area contributed by atoms with Gasteiger partial charge in [0.1, 0.15) is 0 Å². The molecule has 0 aromatic carbocycles. The van der Waals surface area contributed by atoms with Crippen molar-refractivity contribution in [2.45, 2.75) is 40.5 Å². The number of rotatable bonds is 4. The molecule has 19 heavy (non-hydrogen) atoms. The molecule has 0 unspecified atom stereocenters. The second kappa shape index (κ2) is 9.05. The molecule has 0 aromatic heterocycles. The third-order valence-corrected chi connectivity index (χ3v) is 2.07. The van der Waals surface area contributed by atoms with Gasteiger partial charge in [-0.15, -0.1) is 0 Å². The highest BCUT2D eigenvalue weighted by atomic mass is 16.5. The van der Waals surface area contributed by atoms with E-state index in [0.717, 1.165) is 0 Å². The van der Waals surface area contributed by atoms with E-state index >= 15 is 0 Å². The third kappa shape index (κ3) is 9.73. The maximum atomic E-state index is 11.0. The van der Waals surface area contributed by atoms with Gasteiger partial charge in [-0.05, 0) is 19.3 Å². The van der Waals surface area contributed by atoms with Crippen LogP contribution in [0.25, 0.3) is 0 Å². The van der Waals surface area contributed by atoms with E-state index in [9.17, 15) is 9.59 Å². The Kier molecular flexibility index (Phi) is 8.13. The van der Waals surface area contributed by atoms with Crippen LogP contribution >= 0.6 is 0 Å². The summed E-state index contributed by atoms with van der Waals surface area (Å²) >= 11 is 0. The molecule has 0 aliphatic carbocycles. The van der Waals surface area contributed by atoms with Crippen LogP contribution in [0.4, 0.5) is 0 Å². The zero-order valence-electron chi connectivity index (χ0n) is 12.0. The van der Waals surface area contributed by atoms with Crippen molar-refractivity contribution in [3.63, 3.8) is 0 Å². The highest BCUT2D eigenvalue weighted by Crippen LogP contribution is 2.23. The van der Waals surface area contributed by atoms with Gasteiger partial charge in [-0.3, -0.25) is 0 Å². The minimum absolute atomic E-state index is 0.195. The average Bonchev–Trinajstić information content (AvgIpc) is 2.29. The molecule has 0 spiro atoms. The maximum absolute atomic E-state index is 11.0. The summed E-state index contributed by atoms with van der Waals surface area (Å²) < 4.78 is 9.39. The SMILES string of the molecule is CCOC(=O)C#CCC(C)(C)CC#CC(=O)OCC. The largest absolute Gasteiger partial charge is 0.456 e. The van der Waals surface area contributed by atoms with Crippen molar-refractivity contribution in [3.8, 4) is 23.7 Å². The summed E-state index contributed by atoms with van der Waals surface area (Å²) in [5.74, 6) is 9.31. The molecule has 0 fully saturated rings. The molecule has 0 bridgehead atoms. The Balaban J connectivity index is 4.25. The summed E-state index contributed by atoms with van der Waals surface area (Å²) in [4.78, 5) is 22.0. The van der Waals surface area contributed by atoms with Gasteiger partial charge >= 0.3 is 11.9 Å². The number of ether oxygens (including phenoxy) is 2. The molecule has 0 amide bonds. The Morgan fingerprint density at radius 1 is 0.895 bits per heavy atom. The van der Waals surface area contributed by atoms with Crippen LogP contribution in [0.3, 0.4) is 0 Å². The zero-order valence-corrected chi connectivity index (χ0v) is 12.0. The summed E-state index contributed by atoms with van der Waals surface area (Å²) in [6.07, 6.45) is 1.01. The number of hydrogen-bond donors (Lipinski definition) is 0. The maximum Gasteiger partial charge on any atom is 0.384 e. The van der Waals surface area contributed by atoms with E-state index in [4.69, 9.17) is 9.47 Å². The predicted molar refractivity (Wildman–Crippen MR) is 71.8 cm³/mol. The first-order valence-corrected chi connectivity index (χ1v) is 6.22. The summed E-state index contributed by atoms with van der Waals surface area (Å²) in [6, 6.07) is 0. The Morgan fingerprint density at radius 3 is 1.58 bits per heavy atom. The van der Waals surface area contributed by atoms with Gasteiger partial charge in [0.25, 0.3) is 0 Å². The lowest BCUT2D eigenvalue weighted by molar-refractivity contribution is -0.137. The van der Waals surface area contributed by atoms with E-state index in [2.05, 4.69) is 23.7 Å². The summed E-state index contributed by atoms with van der Waals surface area (Å²) in [5, 5.41) is 0. The van der Waals surface area contributed by atoms with Crippen LogP contribution in [0.5, 0.6) is 0 Å². The van der Waals surface area contributed by atoms with E-state index in [1.807, 2.05) is 13.8 Å². The number of esters is 2. The first-order valence-electron chi connectivity index (χ1n) is 6.22. The van der Waals surface area contributed by atoms with Gasteiger partial charge in [0.05, 0.1) is 13.2 Å². The Bertz CT molecular complexity index is 387. The van der Waals surface area contributed by atoms with Gasteiger partial charge in [0.2, 0.25) is 0 Å². The minimum atomic E-state index is -0.518. The molecule has 0 saturated carbocycles. The highest BCUT2D eigenvalue weighted by Gasteiger charge is 2.15. The van der Waals surface area contributed by atoms with Gasteiger partial charge < -0.3 is 9.47 Å². The molecular formula is C15H20O4. The fourth-order valence-corrected chi connectivity index (χ4v) is 1.11. The molecular weight excluding hydrogens is 244 g/mol. The second-order valence-corrected chi connectivity index (χ2v) is 4.56. The Morgan fingerprint density at radius 2 is 1.26 bits per heavy atom. The topological polar surface area (TPSA) is 52.6 Å². The van der Waals surface area contributed by atoms with Crippen molar-refractivity contribution in [2.24, 2.45) is 5.41 Å². The normalized spacial score (nSPS) is 9.47. The first kappa shape index (κ1) is 17.1. The van der Waals surface area contributed by atoms with Crippen molar-refractivity contribution in [2.75, 3.05) is 13.2 Å². The average molecular weight is 264 g/mol. The van der Waals surface area contributed by atoms with Crippen molar-refractivity contribution < 1.29 is 19.1 Å². The second-order valence-electron chi connectivity index (χ2n) is 4.56. The lowest BCUT2D eigenvalue weighted by atomic mass is 9.86. The van der Waals surface area contributed by atoms with Crippen molar-refractivity contribution in [1.82, 2.24) is 0 Å². The first-order chi connectivity index (χ1) is 8.91. The molecule has 0 N–H and O–H groups in total. The number of carbonyl (C=O) groups excluding carboxylic acids is 2. The number of carbonyl (C=O) groups is 2. The molecule has 0 radical (unpaired) electrons.